The number of ketones is 1. The molecule has 1 aliphatic heterocycles. The molecule has 6 nitrogen and oxygen atoms in total. The van der Waals surface area contributed by atoms with Crippen molar-refractivity contribution in [1.29, 1.82) is 0 Å². The van der Waals surface area contributed by atoms with Crippen LogP contribution in [-0.4, -0.2) is 30.5 Å². The number of benzene rings is 3. The molecule has 0 saturated carbocycles. The predicted molar refractivity (Wildman–Crippen MR) is 131 cm³/mol. The van der Waals surface area contributed by atoms with Crippen LogP contribution in [0.4, 0.5) is 5.69 Å². The maximum atomic E-state index is 13.4. The number of aliphatic hydroxyl groups excluding tert-OH is 1. The molecule has 4 rings (SSSR count). The van der Waals surface area contributed by atoms with Crippen LogP contribution in [0.15, 0.2) is 72.3 Å². The van der Waals surface area contributed by atoms with Gasteiger partial charge in [0.25, 0.3) is 11.7 Å². The molecule has 0 spiro atoms. The molecule has 1 heterocycles. The van der Waals surface area contributed by atoms with Gasteiger partial charge in [-0.2, -0.15) is 0 Å². The van der Waals surface area contributed by atoms with Crippen LogP contribution in [0.25, 0.3) is 5.76 Å². The summed E-state index contributed by atoms with van der Waals surface area (Å²) in [5, 5.41) is 11.5. The summed E-state index contributed by atoms with van der Waals surface area (Å²) >= 11 is 0. The van der Waals surface area contributed by atoms with Crippen LogP contribution in [0.5, 0.6) is 11.5 Å². The van der Waals surface area contributed by atoms with Crippen LogP contribution in [-0.2, 0) is 9.59 Å². The number of aryl methyl sites for hydroxylation is 2. The lowest BCUT2D eigenvalue weighted by Gasteiger charge is -2.26. The first-order valence-corrected chi connectivity index (χ1v) is 11.1. The highest BCUT2D eigenvalue weighted by Crippen LogP contribution is 2.44. The normalized spacial score (nSPS) is 17.2. The molecule has 0 bridgehead atoms. The number of Topliss-reactive ketones (excluding diaryl/α,β-unsaturated/α-hetero) is 1. The molecule has 0 aromatic heterocycles. The number of aliphatic hydroxyl groups is 1. The van der Waals surface area contributed by atoms with Gasteiger partial charge in [-0.3, -0.25) is 14.5 Å². The summed E-state index contributed by atoms with van der Waals surface area (Å²) in [4.78, 5) is 28.0. The van der Waals surface area contributed by atoms with Gasteiger partial charge in [-0.25, -0.2) is 0 Å². The number of carbonyl (C=O) groups excluding carboxylic acids is 2. The standard InChI is InChI=1S/C28H27NO5/c1-5-34-21-13-11-19(12-14-21)24-23(25(30)22-16-17(2)15-18(3)27(22)33-4)26(31)28(32)29(24)20-9-7-6-8-10-20/h6-16,24,30H,5H2,1-4H3/b25-23+. The fraction of sp³-hybridized carbons (Fsp3) is 0.214. The van der Waals surface area contributed by atoms with Crippen LogP contribution in [0.2, 0.25) is 0 Å². The van der Waals surface area contributed by atoms with Crippen LogP contribution in [0, 0.1) is 13.8 Å². The third-order valence-corrected chi connectivity index (χ3v) is 5.86. The Bertz CT molecular complexity index is 1260. The van der Waals surface area contributed by atoms with Gasteiger partial charge in [0, 0.05) is 5.69 Å². The molecule has 1 atom stereocenters. The van der Waals surface area contributed by atoms with Gasteiger partial charge in [0.1, 0.15) is 17.3 Å². The van der Waals surface area contributed by atoms with Gasteiger partial charge in [0.05, 0.1) is 30.9 Å². The summed E-state index contributed by atoms with van der Waals surface area (Å²) in [5.41, 5.74) is 3.35. The molecule has 3 aromatic carbocycles. The average Bonchev–Trinajstić information content (AvgIpc) is 3.10. The van der Waals surface area contributed by atoms with E-state index < -0.39 is 17.7 Å². The Morgan fingerprint density at radius 1 is 1.00 bits per heavy atom. The molecule has 6 heteroatoms. The zero-order valence-electron chi connectivity index (χ0n) is 19.7. The minimum absolute atomic E-state index is 0.0151. The second-order valence-electron chi connectivity index (χ2n) is 8.17. The van der Waals surface area contributed by atoms with Crippen molar-refractivity contribution in [2.24, 2.45) is 0 Å². The zero-order valence-corrected chi connectivity index (χ0v) is 19.7. The van der Waals surface area contributed by atoms with Gasteiger partial charge in [0.2, 0.25) is 0 Å². The number of methoxy groups -OCH3 is 1. The number of amides is 1. The first kappa shape index (κ1) is 23.1. The lowest BCUT2D eigenvalue weighted by atomic mass is 9.93. The second-order valence-corrected chi connectivity index (χ2v) is 8.17. The molecular weight excluding hydrogens is 430 g/mol. The highest BCUT2D eigenvalue weighted by Gasteiger charge is 2.47. The monoisotopic (exact) mass is 457 g/mol. The van der Waals surface area contributed by atoms with E-state index in [9.17, 15) is 14.7 Å². The van der Waals surface area contributed by atoms with E-state index in [1.54, 1.807) is 42.5 Å². The summed E-state index contributed by atoms with van der Waals surface area (Å²) in [6.07, 6.45) is 0. The van der Waals surface area contributed by atoms with Gasteiger partial charge >= 0.3 is 0 Å². The Morgan fingerprint density at radius 3 is 2.29 bits per heavy atom. The van der Waals surface area contributed by atoms with Crippen LogP contribution in [0.3, 0.4) is 0 Å². The molecule has 1 N–H and O–H groups in total. The molecule has 1 aliphatic rings. The molecule has 34 heavy (non-hydrogen) atoms. The maximum Gasteiger partial charge on any atom is 0.300 e. The van der Waals surface area contributed by atoms with Gasteiger partial charge < -0.3 is 14.6 Å². The van der Waals surface area contributed by atoms with Gasteiger partial charge in [-0.1, -0.05) is 36.4 Å². The number of hydrogen-bond acceptors (Lipinski definition) is 5. The Balaban J connectivity index is 1.96. The average molecular weight is 458 g/mol. The van der Waals surface area contributed by atoms with Crippen molar-refractivity contribution >= 4 is 23.1 Å². The van der Waals surface area contributed by atoms with E-state index in [-0.39, 0.29) is 11.3 Å². The first-order chi connectivity index (χ1) is 16.4. The smallest absolute Gasteiger partial charge is 0.300 e. The summed E-state index contributed by atoms with van der Waals surface area (Å²) in [6.45, 7) is 6.19. The third-order valence-electron chi connectivity index (χ3n) is 5.86. The van der Waals surface area contributed by atoms with E-state index in [2.05, 4.69) is 0 Å². The van der Waals surface area contributed by atoms with Gasteiger partial charge in [-0.15, -0.1) is 0 Å². The fourth-order valence-corrected chi connectivity index (χ4v) is 4.46. The molecule has 1 unspecified atom stereocenters. The lowest BCUT2D eigenvalue weighted by molar-refractivity contribution is -0.132. The molecule has 1 fully saturated rings. The van der Waals surface area contributed by atoms with Crippen molar-refractivity contribution in [2.75, 3.05) is 18.6 Å². The maximum absolute atomic E-state index is 13.4. The first-order valence-electron chi connectivity index (χ1n) is 11.1. The molecule has 1 amide bonds. The number of rotatable bonds is 6. The molecule has 174 valence electrons. The highest BCUT2D eigenvalue weighted by atomic mass is 16.5. The van der Waals surface area contributed by atoms with Crippen molar-refractivity contribution in [1.82, 2.24) is 0 Å². The summed E-state index contributed by atoms with van der Waals surface area (Å²) in [6, 6.07) is 19.1. The van der Waals surface area contributed by atoms with E-state index in [1.807, 2.05) is 45.0 Å². The van der Waals surface area contributed by atoms with Gasteiger partial charge in [0.15, 0.2) is 0 Å². The van der Waals surface area contributed by atoms with Gasteiger partial charge in [-0.05, 0) is 67.8 Å². The molecule has 0 aliphatic carbocycles. The number of para-hydroxylation sites is 1. The molecule has 0 radical (unpaired) electrons. The molecule has 1 saturated heterocycles. The summed E-state index contributed by atoms with van der Waals surface area (Å²) in [7, 11) is 1.51. The largest absolute Gasteiger partial charge is 0.507 e. The van der Waals surface area contributed by atoms with E-state index in [0.717, 1.165) is 11.1 Å². The number of hydrogen-bond donors (Lipinski definition) is 1. The Labute approximate surface area is 199 Å². The van der Waals surface area contributed by atoms with E-state index in [4.69, 9.17) is 9.47 Å². The Hall–Kier alpha value is -4.06. The topological polar surface area (TPSA) is 76.1 Å². The minimum atomic E-state index is -0.816. The summed E-state index contributed by atoms with van der Waals surface area (Å²) in [5.74, 6) is -0.575. The number of nitrogens with zero attached hydrogens (tertiary/aromatic N) is 1. The molecule has 3 aromatic rings. The predicted octanol–water partition coefficient (Wildman–Crippen LogP) is 5.34. The van der Waals surface area contributed by atoms with Crippen LogP contribution < -0.4 is 14.4 Å². The van der Waals surface area contributed by atoms with E-state index in [1.165, 1.54) is 12.0 Å². The quantitative estimate of drug-likeness (QED) is 0.307. The van der Waals surface area contributed by atoms with Crippen molar-refractivity contribution < 1.29 is 24.2 Å². The van der Waals surface area contributed by atoms with E-state index in [0.29, 0.717) is 34.9 Å². The SMILES string of the molecule is CCOc1ccc(C2/C(=C(\O)c3cc(C)cc(C)c3OC)C(=O)C(=O)N2c2ccccc2)cc1. The van der Waals surface area contributed by atoms with Crippen LogP contribution in [0.1, 0.15) is 35.2 Å². The number of ether oxygens (including phenoxy) is 2. The van der Waals surface area contributed by atoms with Crippen molar-refractivity contribution in [3.05, 3.63) is 94.6 Å². The minimum Gasteiger partial charge on any atom is -0.507 e. The van der Waals surface area contributed by atoms with Crippen molar-refractivity contribution in [3.8, 4) is 11.5 Å². The van der Waals surface area contributed by atoms with E-state index >= 15 is 0 Å². The highest BCUT2D eigenvalue weighted by molar-refractivity contribution is 6.51. The lowest BCUT2D eigenvalue weighted by Crippen LogP contribution is -2.29. The summed E-state index contributed by atoms with van der Waals surface area (Å²) < 4.78 is 11.1. The molecular formula is C28H27NO5. The second kappa shape index (κ2) is 9.43. The zero-order chi connectivity index (χ0) is 24.4. The fourth-order valence-electron chi connectivity index (χ4n) is 4.46. The number of anilines is 1. The third kappa shape index (κ3) is 4.03. The Morgan fingerprint density at radius 2 is 1.68 bits per heavy atom. The van der Waals surface area contributed by atoms with Crippen molar-refractivity contribution in [2.45, 2.75) is 26.8 Å². The van der Waals surface area contributed by atoms with Crippen LogP contribution >= 0.6 is 0 Å². The van der Waals surface area contributed by atoms with Crippen molar-refractivity contribution in [3.63, 3.8) is 0 Å². The number of carbonyl (C=O) groups is 2. The Kier molecular flexibility index (Phi) is 6.41.